The molecular formula is C24H21N3O3. The maximum Gasteiger partial charge on any atom is 0.271 e. The molecule has 30 heavy (non-hydrogen) atoms. The fourth-order valence-corrected chi connectivity index (χ4v) is 3.37. The lowest BCUT2D eigenvalue weighted by atomic mass is 9.96. The molecular weight excluding hydrogens is 378 g/mol. The van der Waals surface area contributed by atoms with Crippen LogP contribution >= 0.6 is 0 Å². The summed E-state index contributed by atoms with van der Waals surface area (Å²) in [6, 6.07) is 17.9. The summed E-state index contributed by atoms with van der Waals surface area (Å²) in [6.07, 6.45) is 1.43. The average molecular weight is 399 g/mol. The number of hydrogen-bond acceptors (Lipinski definition) is 4. The summed E-state index contributed by atoms with van der Waals surface area (Å²) in [6.45, 7) is 4.13. The summed E-state index contributed by atoms with van der Waals surface area (Å²) in [5.41, 5.74) is 8.46. The maximum absolute atomic E-state index is 12.2. The van der Waals surface area contributed by atoms with Gasteiger partial charge < -0.3 is 15.2 Å². The zero-order valence-corrected chi connectivity index (χ0v) is 16.6. The lowest BCUT2D eigenvalue weighted by Crippen LogP contribution is -2.17. The highest BCUT2D eigenvalue weighted by Gasteiger charge is 2.14. The number of aromatic amines is 1. The van der Waals surface area contributed by atoms with Crippen LogP contribution in [0.3, 0.4) is 0 Å². The number of phenolic OH excluding ortho intramolecular Hbond substituents is 1. The first-order chi connectivity index (χ1) is 14.4. The fraction of sp³-hybridized carbons (Fsp3) is 0.0833. The van der Waals surface area contributed by atoms with E-state index in [-0.39, 0.29) is 11.6 Å². The number of phenols is 1. The Kier molecular flexibility index (Phi) is 4.98. The monoisotopic (exact) mass is 399 g/mol. The van der Waals surface area contributed by atoms with Crippen LogP contribution in [0.2, 0.25) is 0 Å². The first kappa shape index (κ1) is 19.3. The van der Waals surface area contributed by atoms with E-state index >= 15 is 0 Å². The minimum Gasteiger partial charge on any atom is -0.508 e. The summed E-state index contributed by atoms with van der Waals surface area (Å²) in [4.78, 5) is 15.2. The SMILES string of the molecule is Cc1ccc(-c2cccc3[nH]c(O)c(C=NNC(=O)c4ccc(O)cc4)c23)cc1C. The Morgan fingerprint density at radius 2 is 1.77 bits per heavy atom. The van der Waals surface area contributed by atoms with Gasteiger partial charge in [0.1, 0.15) is 5.75 Å². The van der Waals surface area contributed by atoms with Gasteiger partial charge in [0.15, 0.2) is 5.88 Å². The van der Waals surface area contributed by atoms with Crippen molar-refractivity contribution < 1.29 is 15.0 Å². The largest absolute Gasteiger partial charge is 0.508 e. The van der Waals surface area contributed by atoms with E-state index < -0.39 is 5.91 Å². The molecule has 0 atom stereocenters. The number of carbonyl (C=O) groups excluding carboxylic acids is 1. The van der Waals surface area contributed by atoms with E-state index in [1.54, 1.807) is 0 Å². The molecule has 0 unspecified atom stereocenters. The molecule has 0 radical (unpaired) electrons. The molecule has 0 saturated heterocycles. The molecule has 1 aromatic heterocycles. The molecule has 0 aliphatic carbocycles. The highest BCUT2D eigenvalue weighted by atomic mass is 16.3. The van der Waals surface area contributed by atoms with Gasteiger partial charge in [-0.25, -0.2) is 5.43 Å². The van der Waals surface area contributed by atoms with Gasteiger partial charge in [0.25, 0.3) is 5.91 Å². The first-order valence-corrected chi connectivity index (χ1v) is 9.48. The third-order valence-corrected chi connectivity index (χ3v) is 5.15. The predicted molar refractivity (Wildman–Crippen MR) is 118 cm³/mol. The van der Waals surface area contributed by atoms with Gasteiger partial charge in [0.2, 0.25) is 0 Å². The maximum atomic E-state index is 12.2. The summed E-state index contributed by atoms with van der Waals surface area (Å²) in [7, 11) is 0. The Labute approximate surface area is 173 Å². The number of nitrogens with one attached hydrogen (secondary N) is 2. The molecule has 0 aliphatic heterocycles. The van der Waals surface area contributed by atoms with Gasteiger partial charge in [-0.15, -0.1) is 0 Å². The molecule has 4 aromatic rings. The molecule has 4 N–H and O–H groups in total. The van der Waals surface area contributed by atoms with Crippen LogP contribution in [-0.2, 0) is 0 Å². The minimum absolute atomic E-state index is 0.0242. The molecule has 150 valence electrons. The summed E-state index contributed by atoms with van der Waals surface area (Å²) < 4.78 is 0. The zero-order chi connectivity index (χ0) is 21.3. The van der Waals surface area contributed by atoms with Crippen LogP contribution in [-0.4, -0.2) is 27.3 Å². The van der Waals surface area contributed by atoms with Crippen LogP contribution in [0.1, 0.15) is 27.0 Å². The molecule has 1 amide bonds. The van der Waals surface area contributed by atoms with Crippen LogP contribution < -0.4 is 5.43 Å². The average Bonchev–Trinajstić information content (AvgIpc) is 3.06. The van der Waals surface area contributed by atoms with Crippen molar-refractivity contribution in [3.63, 3.8) is 0 Å². The fourth-order valence-electron chi connectivity index (χ4n) is 3.37. The van der Waals surface area contributed by atoms with E-state index in [4.69, 9.17) is 0 Å². The highest BCUT2D eigenvalue weighted by Crippen LogP contribution is 2.35. The lowest BCUT2D eigenvalue weighted by molar-refractivity contribution is 0.0955. The number of carbonyl (C=O) groups is 1. The molecule has 6 heteroatoms. The number of H-pyrrole nitrogens is 1. The van der Waals surface area contributed by atoms with Crippen molar-refractivity contribution >= 4 is 23.0 Å². The molecule has 4 rings (SSSR count). The Balaban J connectivity index is 1.69. The van der Waals surface area contributed by atoms with Crippen molar-refractivity contribution in [1.82, 2.24) is 10.4 Å². The smallest absolute Gasteiger partial charge is 0.271 e. The first-order valence-electron chi connectivity index (χ1n) is 9.48. The molecule has 0 spiro atoms. The van der Waals surface area contributed by atoms with Crippen molar-refractivity contribution in [2.45, 2.75) is 13.8 Å². The molecule has 0 saturated carbocycles. The van der Waals surface area contributed by atoms with Crippen molar-refractivity contribution in [3.8, 4) is 22.8 Å². The normalized spacial score (nSPS) is 11.3. The van der Waals surface area contributed by atoms with Crippen molar-refractivity contribution in [2.24, 2.45) is 5.10 Å². The van der Waals surface area contributed by atoms with Crippen molar-refractivity contribution in [3.05, 3.63) is 82.9 Å². The minimum atomic E-state index is -0.417. The summed E-state index contributed by atoms with van der Waals surface area (Å²) in [5.74, 6) is -0.360. The zero-order valence-electron chi connectivity index (χ0n) is 16.6. The number of aromatic hydroxyl groups is 2. The van der Waals surface area contributed by atoms with E-state index in [1.807, 2.05) is 18.2 Å². The van der Waals surface area contributed by atoms with Gasteiger partial charge in [-0.2, -0.15) is 5.10 Å². The number of hydrazone groups is 1. The van der Waals surface area contributed by atoms with Crippen LogP contribution in [0, 0.1) is 13.8 Å². The van der Waals surface area contributed by atoms with Gasteiger partial charge >= 0.3 is 0 Å². The molecule has 6 nitrogen and oxygen atoms in total. The number of rotatable bonds is 4. The van der Waals surface area contributed by atoms with E-state index in [9.17, 15) is 15.0 Å². The summed E-state index contributed by atoms with van der Waals surface area (Å²) >= 11 is 0. The molecule has 0 bridgehead atoms. The number of aromatic nitrogens is 1. The van der Waals surface area contributed by atoms with Crippen molar-refractivity contribution in [1.29, 1.82) is 0 Å². The molecule has 1 heterocycles. The van der Waals surface area contributed by atoms with Gasteiger partial charge in [-0.3, -0.25) is 4.79 Å². The number of amides is 1. The molecule has 0 aliphatic rings. The van der Waals surface area contributed by atoms with Gasteiger partial charge in [-0.1, -0.05) is 30.3 Å². The van der Waals surface area contributed by atoms with Gasteiger partial charge in [0, 0.05) is 16.5 Å². The standard InChI is InChI=1S/C24H21N3O3/c1-14-6-7-17(12-15(14)2)19-4-3-5-21-22(19)20(24(30)26-21)13-25-27-23(29)16-8-10-18(28)11-9-16/h3-13,26,28,30H,1-2H3,(H,27,29). The third kappa shape index (κ3) is 3.63. The number of nitrogens with zero attached hydrogens (tertiary/aromatic N) is 1. The van der Waals surface area contributed by atoms with Crippen LogP contribution in [0.4, 0.5) is 0 Å². The Morgan fingerprint density at radius 1 is 1.00 bits per heavy atom. The van der Waals surface area contributed by atoms with Gasteiger partial charge in [-0.05, 0) is 66.4 Å². The Morgan fingerprint density at radius 3 is 2.50 bits per heavy atom. The number of hydrogen-bond donors (Lipinski definition) is 4. The Bertz CT molecular complexity index is 1270. The number of aryl methyl sites for hydroxylation is 2. The summed E-state index contributed by atoms with van der Waals surface area (Å²) in [5, 5.41) is 24.6. The molecule has 3 aromatic carbocycles. The second-order valence-electron chi connectivity index (χ2n) is 7.16. The topological polar surface area (TPSA) is 97.7 Å². The second kappa shape index (κ2) is 7.75. The lowest BCUT2D eigenvalue weighted by Gasteiger charge is -2.08. The van der Waals surface area contributed by atoms with E-state index in [0.717, 1.165) is 22.0 Å². The van der Waals surface area contributed by atoms with E-state index in [0.29, 0.717) is 11.1 Å². The van der Waals surface area contributed by atoms with E-state index in [1.165, 1.54) is 41.6 Å². The quantitative estimate of drug-likeness (QED) is 0.298. The molecule has 0 fully saturated rings. The Hall–Kier alpha value is -4.06. The van der Waals surface area contributed by atoms with Crippen molar-refractivity contribution in [2.75, 3.05) is 0 Å². The van der Waals surface area contributed by atoms with E-state index in [2.05, 4.69) is 47.6 Å². The van der Waals surface area contributed by atoms with Crippen LogP contribution in [0.25, 0.3) is 22.0 Å². The highest BCUT2D eigenvalue weighted by molar-refractivity contribution is 6.09. The number of fused-ring (bicyclic) bond motifs is 1. The van der Waals surface area contributed by atoms with Crippen LogP contribution in [0.15, 0.2) is 65.8 Å². The number of benzene rings is 3. The van der Waals surface area contributed by atoms with Gasteiger partial charge in [0.05, 0.1) is 11.8 Å². The second-order valence-corrected chi connectivity index (χ2v) is 7.16. The predicted octanol–water partition coefficient (Wildman–Crippen LogP) is 4.63. The third-order valence-electron chi connectivity index (χ3n) is 5.15. The van der Waals surface area contributed by atoms with Crippen LogP contribution in [0.5, 0.6) is 11.6 Å².